The molecular weight excluding hydrogens is 242 g/mol. The minimum absolute atomic E-state index is 0.227. The third kappa shape index (κ3) is 3.13. The van der Waals surface area contributed by atoms with Crippen LogP contribution >= 0.6 is 0 Å². The van der Waals surface area contributed by atoms with Crippen LogP contribution in [-0.4, -0.2) is 27.3 Å². The quantitative estimate of drug-likeness (QED) is 0.649. The van der Waals surface area contributed by atoms with Crippen LogP contribution in [0.2, 0.25) is 0 Å². The average molecular weight is 257 g/mol. The van der Waals surface area contributed by atoms with Crippen molar-refractivity contribution in [3.8, 4) is 0 Å². The molecule has 1 heterocycles. The number of rotatable bonds is 5. The van der Waals surface area contributed by atoms with Crippen molar-refractivity contribution in [2.24, 2.45) is 4.99 Å². The number of allylic oxidation sites excluding steroid dienone is 1. The molecule has 0 amide bonds. The van der Waals surface area contributed by atoms with E-state index in [2.05, 4.69) is 28.1 Å². The van der Waals surface area contributed by atoms with Gasteiger partial charge in [0.05, 0.1) is 0 Å². The van der Waals surface area contributed by atoms with Crippen LogP contribution in [0.5, 0.6) is 0 Å². The van der Waals surface area contributed by atoms with Gasteiger partial charge in [0.15, 0.2) is 0 Å². The van der Waals surface area contributed by atoms with E-state index >= 15 is 0 Å². The van der Waals surface area contributed by atoms with Crippen LogP contribution in [0.15, 0.2) is 30.0 Å². The maximum Gasteiger partial charge on any atom is 0.353 e. The second-order valence-corrected chi connectivity index (χ2v) is 4.54. The molecule has 0 spiro atoms. The number of aryl methyl sites for hydroxylation is 1. The maximum atomic E-state index is 10.6. The SMILES string of the molecule is C=C(/N=C/C(=C)c1cnc(C2CC2)nc1C)C(=O)O. The van der Waals surface area contributed by atoms with E-state index in [1.807, 2.05) is 6.92 Å². The normalized spacial score (nSPS) is 14.6. The Morgan fingerprint density at radius 3 is 2.74 bits per heavy atom. The van der Waals surface area contributed by atoms with Gasteiger partial charge in [-0.15, -0.1) is 0 Å². The Morgan fingerprint density at radius 2 is 2.21 bits per heavy atom. The molecule has 0 bridgehead atoms. The fourth-order valence-electron chi connectivity index (χ4n) is 1.62. The topological polar surface area (TPSA) is 75.4 Å². The van der Waals surface area contributed by atoms with Crippen molar-refractivity contribution in [1.29, 1.82) is 0 Å². The van der Waals surface area contributed by atoms with Gasteiger partial charge in [0.2, 0.25) is 0 Å². The fourth-order valence-corrected chi connectivity index (χ4v) is 1.62. The summed E-state index contributed by atoms with van der Waals surface area (Å²) in [6.45, 7) is 9.04. The lowest BCUT2D eigenvalue weighted by atomic mass is 10.1. The Bertz CT molecular complexity index is 586. The van der Waals surface area contributed by atoms with Gasteiger partial charge in [0.1, 0.15) is 11.5 Å². The van der Waals surface area contributed by atoms with Crippen LogP contribution in [0.4, 0.5) is 0 Å². The smallest absolute Gasteiger partial charge is 0.353 e. The lowest BCUT2D eigenvalue weighted by Crippen LogP contribution is -2.01. The van der Waals surface area contributed by atoms with Gasteiger partial charge in [-0.1, -0.05) is 13.2 Å². The maximum absolute atomic E-state index is 10.6. The van der Waals surface area contributed by atoms with E-state index in [1.54, 1.807) is 6.20 Å². The third-order valence-corrected chi connectivity index (χ3v) is 2.91. The zero-order valence-electron chi connectivity index (χ0n) is 10.8. The standard InChI is InChI=1S/C14H15N3O2/c1-8(6-15-10(3)14(18)19)12-7-16-13(11-4-5-11)17-9(12)2/h6-7,11H,1,3-5H2,2H3,(H,18,19)/b15-6+. The van der Waals surface area contributed by atoms with Crippen molar-refractivity contribution >= 4 is 17.8 Å². The number of aliphatic carboxylic acids is 1. The number of carboxylic acids is 1. The molecule has 0 aliphatic heterocycles. The Labute approximate surface area is 111 Å². The number of carbonyl (C=O) groups is 1. The molecule has 0 saturated heterocycles. The van der Waals surface area contributed by atoms with Crippen molar-refractivity contribution < 1.29 is 9.90 Å². The lowest BCUT2D eigenvalue weighted by molar-refractivity contribution is -0.132. The van der Waals surface area contributed by atoms with Gasteiger partial charge in [-0.3, -0.25) is 0 Å². The second-order valence-electron chi connectivity index (χ2n) is 4.54. The van der Waals surface area contributed by atoms with E-state index in [0.717, 1.165) is 29.9 Å². The van der Waals surface area contributed by atoms with Gasteiger partial charge >= 0.3 is 5.97 Å². The van der Waals surface area contributed by atoms with E-state index in [9.17, 15) is 4.79 Å². The van der Waals surface area contributed by atoms with Crippen LogP contribution in [0, 0.1) is 6.92 Å². The first-order chi connectivity index (χ1) is 8.99. The predicted molar refractivity (Wildman–Crippen MR) is 73.0 cm³/mol. The molecular formula is C14H15N3O2. The van der Waals surface area contributed by atoms with Crippen LogP contribution in [0.1, 0.15) is 35.8 Å². The first-order valence-electron chi connectivity index (χ1n) is 5.98. The van der Waals surface area contributed by atoms with Crippen molar-refractivity contribution in [3.63, 3.8) is 0 Å². The summed E-state index contributed by atoms with van der Waals surface area (Å²) in [5.41, 5.74) is 1.94. The van der Waals surface area contributed by atoms with Gasteiger partial charge in [0.25, 0.3) is 0 Å². The first-order valence-corrected chi connectivity index (χ1v) is 5.98. The van der Waals surface area contributed by atoms with Crippen LogP contribution in [0.25, 0.3) is 5.57 Å². The minimum atomic E-state index is -1.15. The highest BCUT2D eigenvalue weighted by Crippen LogP contribution is 2.38. The Hall–Kier alpha value is -2.30. The van der Waals surface area contributed by atoms with Crippen LogP contribution in [0.3, 0.4) is 0 Å². The summed E-state index contributed by atoms with van der Waals surface area (Å²) in [6.07, 6.45) is 5.39. The molecule has 19 heavy (non-hydrogen) atoms. The molecule has 1 N–H and O–H groups in total. The summed E-state index contributed by atoms with van der Waals surface area (Å²) in [5, 5.41) is 8.66. The average Bonchev–Trinajstić information content (AvgIpc) is 3.19. The number of hydrogen-bond acceptors (Lipinski definition) is 4. The minimum Gasteiger partial charge on any atom is -0.477 e. The lowest BCUT2D eigenvalue weighted by Gasteiger charge is -2.05. The molecule has 1 fully saturated rings. The van der Waals surface area contributed by atoms with Crippen molar-refractivity contribution in [3.05, 3.63) is 42.1 Å². The summed E-state index contributed by atoms with van der Waals surface area (Å²) in [4.78, 5) is 23.1. The highest BCUT2D eigenvalue weighted by molar-refractivity contribution is 6.10. The molecule has 1 aliphatic carbocycles. The molecule has 2 rings (SSSR count). The Balaban J connectivity index is 2.15. The summed E-state index contributed by atoms with van der Waals surface area (Å²) >= 11 is 0. The molecule has 5 heteroatoms. The third-order valence-electron chi connectivity index (χ3n) is 2.91. The number of aliphatic imine (C=N–C) groups is 1. The molecule has 0 atom stereocenters. The van der Waals surface area contributed by atoms with E-state index in [0.29, 0.717) is 11.5 Å². The molecule has 0 radical (unpaired) electrons. The fraction of sp³-hybridized carbons (Fsp3) is 0.286. The van der Waals surface area contributed by atoms with Gasteiger partial charge in [-0.25, -0.2) is 19.8 Å². The Kier molecular flexibility index (Phi) is 3.55. The van der Waals surface area contributed by atoms with Gasteiger partial charge in [-0.2, -0.15) is 0 Å². The van der Waals surface area contributed by atoms with Crippen LogP contribution < -0.4 is 0 Å². The highest BCUT2D eigenvalue weighted by atomic mass is 16.4. The highest BCUT2D eigenvalue weighted by Gasteiger charge is 2.26. The molecule has 1 aliphatic rings. The summed E-state index contributed by atoms with van der Waals surface area (Å²) in [6, 6.07) is 0. The molecule has 1 aromatic rings. The van der Waals surface area contributed by atoms with Crippen molar-refractivity contribution in [2.45, 2.75) is 25.7 Å². The zero-order valence-corrected chi connectivity index (χ0v) is 10.8. The first kappa shape index (κ1) is 13.1. The molecule has 0 unspecified atom stereocenters. The number of hydrogen-bond donors (Lipinski definition) is 1. The van der Waals surface area contributed by atoms with E-state index in [1.165, 1.54) is 6.21 Å². The predicted octanol–water partition coefficient (Wildman–Crippen LogP) is 2.34. The number of carboxylic acid groups (broad SMARTS) is 1. The molecule has 5 nitrogen and oxygen atoms in total. The summed E-state index contributed by atoms with van der Waals surface area (Å²) in [5.74, 6) is 0.225. The van der Waals surface area contributed by atoms with E-state index in [-0.39, 0.29) is 5.70 Å². The summed E-state index contributed by atoms with van der Waals surface area (Å²) in [7, 11) is 0. The second kappa shape index (κ2) is 5.14. The van der Waals surface area contributed by atoms with Crippen molar-refractivity contribution in [1.82, 2.24) is 9.97 Å². The van der Waals surface area contributed by atoms with Gasteiger partial charge in [0, 0.05) is 29.6 Å². The number of nitrogens with zero attached hydrogens (tertiary/aromatic N) is 3. The zero-order chi connectivity index (χ0) is 14.0. The molecule has 98 valence electrons. The molecule has 1 saturated carbocycles. The van der Waals surface area contributed by atoms with Gasteiger partial charge in [-0.05, 0) is 25.3 Å². The molecule has 1 aromatic heterocycles. The number of aromatic nitrogens is 2. The molecule has 0 aromatic carbocycles. The van der Waals surface area contributed by atoms with E-state index < -0.39 is 5.97 Å². The summed E-state index contributed by atoms with van der Waals surface area (Å²) < 4.78 is 0. The van der Waals surface area contributed by atoms with E-state index in [4.69, 9.17) is 5.11 Å². The Morgan fingerprint density at radius 1 is 1.53 bits per heavy atom. The monoisotopic (exact) mass is 257 g/mol. The van der Waals surface area contributed by atoms with Crippen molar-refractivity contribution in [2.75, 3.05) is 0 Å². The van der Waals surface area contributed by atoms with Gasteiger partial charge < -0.3 is 5.11 Å². The largest absolute Gasteiger partial charge is 0.477 e. The van der Waals surface area contributed by atoms with Crippen LogP contribution in [-0.2, 0) is 4.79 Å².